The number of rotatable bonds is 4. The number of amides is 1. The van der Waals surface area contributed by atoms with Gasteiger partial charge in [0.15, 0.2) is 0 Å². The molecule has 2 aliphatic heterocycles. The second-order valence-corrected chi connectivity index (χ2v) is 7.71. The lowest BCUT2D eigenvalue weighted by atomic mass is 9.95. The van der Waals surface area contributed by atoms with Crippen LogP contribution in [-0.4, -0.2) is 60.7 Å². The van der Waals surface area contributed by atoms with Crippen molar-refractivity contribution in [2.24, 2.45) is 5.92 Å². The minimum atomic E-state index is -0.113. The third kappa shape index (κ3) is 3.89. The van der Waals surface area contributed by atoms with Gasteiger partial charge in [0, 0.05) is 43.0 Å². The quantitative estimate of drug-likeness (QED) is 0.791. The highest BCUT2D eigenvalue weighted by molar-refractivity contribution is 5.79. The second-order valence-electron chi connectivity index (χ2n) is 7.71. The topological polar surface area (TPSA) is 65.8 Å². The highest BCUT2D eigenvalue weighted by Crippen LogP contribution is 2.33. The van der Waals surface area contributed by atoms with Gasteiger partial charge in [-0.05, 0) is 38.8 Å². The predicted octanol–water partition coefficient (Wildman–Crippen LogP) is 2.82. The molecule has 1 unspecified atom stereocenters. The number of carbonyl (C=O) groups is 1. The molecular formula is C22H29N3O4. The van der Waals surface area contributed by atoms with Gasteiger partial charge in [-0.2, -0.15) is 5.10 Å². The Balaban J connectivity index is 1.66. The summed E-state index contributed by atoms with van der Waals surface area (Å²) in [6, 6.07) is 7.73. The van der Waals surface area contributed by atoms with Crippen molar-refractivity contribution in [3.05, 3.63) is 41.2 Å². The number of methoxy groups -OCH3 is 1. The highest BCUT2D eigenvalue weighted by Gasteiger charge is 2.36. The molecule has 2 aromatic rings. The minimum Gasteiger partial charge on any atom is -0.497 e. The van der Waals surface area contributed by atoms with E-state index in [9.17, 15) is 4.79 Å². The number of morpholine rings is 1. The van der Waals surface area contributed by atoms with E-state index in [2.05, 4.69) is 6.92 Å². The van der Waals surface area contributed by atoms with Crippen LogP contribution in [0.3, 0.4) is 0 Å². The van der Waals surface area contributed by atoms with E-state index in [1.54, 1.807) is 7.11 Å². The average Bonchev–Trinajstić information content (AvgIpc) is 3.07. The first-order valence-corrected chi connectivity index (χ1v) is 10.3. The van der Waals surface area contributed by atoms with E-state index in [-0.39, 0.29) is 17.9 Å². The van der Waals surface area contributed by atoms with Crippen LogP contribution in [0.5, 0.6) is 5.75 Å². The maximum absolute atomic E-state index is 13.3. The van der Waals surface area contributed by atoms with E-state index >= 15 is 0 Å². The Morgan fingerprint density at radius 1 is 1.17 bits per heavy atom. The molecule has 2 aliphatic rings. The fourth-order valence-electron chi connectivity index (χ4n) is 4.42. The van der Waals surface area contributed by atoms with Crippen LogP contribution in [0.15, 0.2) is 24.3 Å². The van der Waals surface area contributed by atoms with Crippen molar-refractivity contribution in [2.45, 2.75) is 32.7 Å². The van der Waals surface area contributed by atoms with Crippen molar-refractivity contribution < 1.29 is 19.0 Å². The van der Waals surface area contributed by atoms with Crippen molar-refractivity contribution in [2.75, 3.05) is 40.1 Å². The molecular weight excluding hydrogens is 370 g/mol. The van der Waals surface area contributed by atoms with Gasteiger partial charge in [0.1, 0.15) is 5.75 Å². The van der Waals surface area contributed by atoms with Gasteiger partial charge in [0.05, 0.1) is 37.7 Å². The van der Waals surface area contributed by atoms with Gasteiger partial charge in [-0.3, -0.25) is 4.79 Å². The van der Waals surface area contributed by atoms with Gasteiger partial charge < -0.3 is 19.1 Å². The smallest absolute Gasteiger partial charge is 0.226 e. The molecule has 1 aromatic heterocycles. The first-order chi connectivity index (χ1) is 14.1. The molecule has 2 saturated heterocycles. The van der Waals surface area contributed by atoms with Gasteiger partial charge in [-0.25, -0.2) is 4.68 Å². The zero-order chi connectivity index (χ0) is 20.4. The summed E-state index contributed by atoms with van der Waals surface area (Å²) in [5, 5.41) is 4.78. The van der Waals surface area contributed by atoms with Gasteiger partial charge in [0.2, 0.25) is 5.91 Å². The minimum absolute atomic E-state index is 0.0402. The lowest BCUT2D eigenvalue weighted by Gasteiger charge is -2.38. The van der Waals surface area contributed by atoms with Gasteiger partial charge in [-0.1, -0.05) is 6.07 Å². The molecule has 0 N–H and O–H groups in total. The van der Waals surface area contributed by atoms with Crippen LogP contribution in [0, 0.1) is 19.8 Å². The summed E-state index contributed by atoms with van der Waals surface area (Å²) in [6.07, 6.45) is 1.59. The molecule has 7 heteroatoms. The van der Waals surface area contributed by atoms with Gasteiger partial charge in [0.25, 0.3) is 0 Å². The highest BCUT2D eigenvalue weighted by atomic mass is 16.5. The molecule has 0 radical (unpaired) electrons. The van der Waals surface area contributed by atoms with Crippen LogP contribution in [-0.2, 0) is 14.3 Å². The van der Waals surface area contributed by atoms with E-state index in [4.69, 9.17) is 19.3 Å². The fraction of sp³-hybridized carbons (Fsp3) is 0.545. The van der Waals surface area contributed by atoms with E-state index in [0.29, 0.717) is 33.0 Å². The number of aryl methyl sites for hydroxylation is 1. The van der Waals surface area contributed by atoms with Crippen LogP contribution in [0.2, 0.25) is 0 Å². The molecule has 0 spiro atoms. The van der Waals surface area contributed by atoms with Crippen LogP contribution in [0.25, 0.3) is 5.69 Å². The Morgan fingerprint density at radius 3 is 2.72 bits per heavy atom. The van der Waals surface area contributed by atoms with Gasteiger partial charge in [-0.15, -0.1) is 0 Å². The Bertz CT molecular complexity index is 873. The Hall–Kier alpha value is -2.38. The number of benzene rings is 1. The number of aromatic nitrogens is 2. The number of hydrogen-bond donors (Lipinski definition) is 0. The molecule has 0 aliphatic carbocycles. The standard InChI is InChI=1S/C22H29N3O4/c1-15-21(16(2)25(23-15)18-5-4-6-19(13-18)27-3)20-14-29-12-9-24(20)22(26)17-7-10-28-11-8-17/h4-6,13,17,20H,7-12,14H2,1-3H3. The number of carbonyl (C=O) groups excluding carboxylic acids is 1. The number of ether oxygens (including phenoxy) is 3. The van der Waals surface area contributed by atoms with Crippen molar-refractivity contribution in [1.29, 1.82) is 0 Å². The van der Waals surface area contributed by atoms with E-state index in [1.165, 1.54) is 0 Å². The monoisotopic (exact) mass is 399 g/mol. The van der Waals surface area contributed by atoms with Crippen LogP contribution in [0.1, 0.15) is 35.8 Å². The molecule has 7 nitrogen and oxygen atoms in total. The molecule has 1 amide bonds. The molecule has 1 aromatic carbocycles. The number of hydrogen-bond acceptors (Lipinski definition) is 5. The molecule has 3 heterocycles. The molecule has 0 bridgehead atoms. The molecule has 4 rings (SSSR count). The van der Waals surface area contributed by atoms with Crippen LogP contribution < -0.4 is 4.74 Å². The van der Waals surface area contributed by atoms with Crippen molar-refractivity contribution in [1.82, 2.24) is 14.7 Å². The predicted molar refractivity (Wildman–Crippen MR) is 108 cm³/mol. The summed E-state index contributed by atoms with van der Waals surface area (Å²) < 4.78 is 18.5. The molecule has 0 saturated carbocycles. The van der Waals surface area contributed by atoms with Crippen LogP contribution in [0.4, 0.5) is 0 Å². The van der Waals surface area contributed by atoms with Gasteiger partial charge >= 0.3 is 0 Å². The summed E-state index contributed by atoms with van der Waals surface area (Å²) >= 11 is 0. The Morgan fingerprint density at radius 2 is 1.97 bits per heavy atom. The molecule has 156 valence electrons. The molecule has 1 atom stereocenters. The largest absolute Gasteiger partial charge is 0.497 e. The summed E-state index contributed by atoms with van der Waals surface area (Å²) in [5.74, 6) is 1.04. The summed E-state index contributed by atoms with van der Waals surface area (Å²) in [5.41, 5.74) is 3.96. The summed E-state index contributed by atoms with van der Waals surface area (Å²) in [4.78, 5) is 15.3. The maximum Gasteiger partial charge on any atom is 0.226 e. The van der Waals surface area contributed by atoms with Crippen molar-refractivity contribution in [3.8, 4) is 11.4 Å². The fourth-order valence-corrected chi connectivity index (χ4v) is 4.42. The average molecular weight is 399 g/mol. The normalized spacial score (nSPS) is 20.7. The summed E-state index contributed by atoms with van der Waals surface area (Å²) in [7, 11) is 1.66. The molecule has 29 heavy (non-hydrogen) atoms. The lowest BCUT2D eigenvalue weighted by Crippen LogP contribution is -2.47. The van der Waals surface area contributed by atoms with E-state index in [1.807, 2.05) is 40.8 Å². The van der Waals surface area contributed by atoms with Crippen molar-refractivity contribution >= 4 is 5.91 Å². The zero-order valence-corrected chi connectivity index (χ0v) is 17.4. The summed E-state index contributed by atoms with van der Waals surface area (Å²) in [6.45, 7) is 7.08. The zero-order valence-electron chi connectivity index (χ0n) is 17.4. The lowest BCUT2D eigenvalue weighted by molar-refractivity contribution is -0.147. The third-order valence-corrected chi connectivity index (χ3v) is 5.96. The van der Waals surface area contributed by atoms with E-state index in [0.717, 1.165) is 41.2 Å². The third-order valence-electron chi connectivity index (χ3n) is 5.96. The number of nitrogens with zero attached hydrogens (tertiary/aromatic N) is 3. The van der Waals surface area contributed by atoms with Crippen molar-refractivity contribution in [3.63, 3.8) is 0 Å². The maximum atomic E-state index is 13.3. The van der Waals surface area contributed by atoms with E-state index < -0.39 is 0 Å². The molecule has 2 fully saturated rings. The first kappa shape index (κ1) is 19.9. The Kier molecular flexibility index (Phi) is 5.87. The van der Waals surface area contributed by atoms with Crippen LogP contribution >= 0.6 is 0 Å². The Labute approximate surface area is 171 Å². The first-order valence-electron chi connectivity index (χ1n) is 10.3. The SMILES string of the molecule is COc1cccc(-n2nc(C)c(C3COCCN3C(=O)C3CCOCC3)c2C)c1. The second kappa shape index (κ2) is 8.55.